The van der Waals surface area contributed by atoms with E-state index in [-0.39, 0.29) is 6.42 Å². The molecule has 0 atom stereocenters. The zero-order valence-electron chi connectivity index (χ0n) is 14.6. The number of ether oxygens (including phenoxy) is 1. The van der Waals surface area contributed by atoms with Gasteiger partial charge in [0.2, 0.25) is 11.8 Å². The number of para-hydroxylation sites is 2. The molecule has 0 heterocycles. The molecule has 2 rings (SSSR count). The van der Waals surface area contributed by atoms with Crippen LogP contribution in [-0.2, 0) is 9.59 Å². The van der Waals surface area contributed by atoms with Crippen molar-refractivity contribution >= 4 is 23.7 Å². The van der Waals surface area contributed by atoms with E-state index in [0.29, 0.717) is 23.6 Å². The first-order valence-electron chi connectivity index (χ1n) is 8.10. The molecule has 134 valence electrons. The second-order valence-electron chi connectivity index (χ2n) is 5.47. The molecule has 0 spiro atoms. The standard InChI is InChI=1S/C20H21N3O3/c1-3-12-26-18-11-7-5-9-16(18)14-21-23-20(25)13-19(24)22-17-10-6-4-8-15(17)2/h3-11,14H,1,12-13H2,2H3,(H,22,24)(H,23,25). The molecule has 0 aliphatic heterocycles. The predicted molar refractivity (Wildman–Crippen MR) is 102 cm³/mol. The molecule has 2 aromatic carbocycles. The van der Waals surface area contributed by atoms with Crippen molar-refractivity contribution in [1.29, 1.82) is 0 Å². The second kappa shape index (κ2) is 9.78. The maximum atomic E-state index is 11.9. The summed E-state index contributed by atoms with van der Waals surface area (Å²) >= 11 is 0. The summed E-state index contributed by atoms with van der Waals surface area (Å²) in [6.07, 6.45) is 2.79. The van der Waals surface area contributed by atoms with Gasteiger partial charge >= 0.3 is 0 Å². The summed E-state index contributed by atoms with van der Waals surface area (Å²) in [5.41, 5.74) is 4.66. The molecular weight excluding hydrogens is 330 g/mol. The number of carbonyl (C=O) groups excluding carboxylic acids is 2. The van der Waals surface area contributed by atoms with Crippen LogP contribution < -0.4 is 15.5 Å². The number of anilines is 1. The molecule has 0 aliphatic carbocycles. The number of hydrogen-bond donors (Lipinski definition) is 2. The number of rotatable bonds is 8. The third kappa shape index (κ3) is 5.90. The van der Waals surface area contributed by atoms with E-state index in [1.807, 2.05) is 37.3 Å². The van der Waals surface area contributed by atoms with E-state index in [1.165, 1.54) is 6.21 Å². The van der Waals surface area contributed by atoms with Gasteiger partial charge in [0.15, 0.2) is 0 Å². The molecule has 2 N–H and O–H groups in total. The maximum absolute atomic E-state index is 11.9. The molecule has 0 aliphatic rings. The second-order valence-corrected chi connectivity index (χ2v) is 5.47. The average molecular weight is 351 g/mol. The van der Waals surface area contributed by atoms with Crippen molar-refractivity contribution in [3.05, 3.63) is 72.3 Å². The summed E-state index contributed by atoms with van der Waals surface area (Å²) < 4.78 is 5.50. The van der Waals surface area contributed by atoms with Gasteiger partial charge in [-0.05, 0) is 30.7 Å². The fraction of sp³-hybridized carbons (Fsp3) is 0.150. The Bertz CT molecular complexity index is 815. The molecule has 0 unspecified atom stereocenters. The van der Waals surface area contributed by atoms with Gasteiger partial charge in [0.1, 0.15) is 18.8 Å². The van der Waals surface area contributed by atoms with Crippen molar-refractivity contribution in [3.63, 3.8) is 0 Å². The first kappa shape index (κ1) is 18.9. The zero-order chi connectivity index (χ0) is 18.8. The zero-order valence-corrected chi connectivity index (χ0v) is 14.6. The maximum Gasteiger partial charge on any atom is 0.249 e. The Kier molecular flexibility index (Phi) is 7.12. The van der Waals surface area contributed by atoms with Gasteiger partial charge in [0.05, 0.1) is 6.21 Å². The molecule has 2 amide bonds. The molecule has 2 aromatic rings. The number of aryl methyl sites for hydroxylation is 1. The number of nitrogens with zero attached hydrogens (tertiary/aromatic N) is 1. The van der Waals surface area contributed by atoms with E-state index < -0.39 is 11.8 Å². The van der Waals surface area contributed by atoms with Gasteiger partial charge in [-0.15, -0.1) is 0 Å². The highest BCUT2D eigenvalue weighted by molar-refractivity contribution is 6.04. The van der Waals surface area contributed by atoms with Gasteiger partial charge < -0.3 is 10.1 Å². The highest BCUT2D eigenvalue weighted by Gasteiger charge is 2.10. The fourth-order valence-corrected chi connectivity index (χ4v) is 2.13. The van der Waals surface area contributed by atoms with Crippen LogP contribution in [0.5, 0.6) is 5.75 Å². The smallest absolute Gasteiger partial charge is 0.249 e. The van der Waals surface area contributed by atoms with Crippen molar-refractivity contribution < 1.29 is 14.3 Å². The predicted octanol–water partition coefficient (Wildman–Crippen LogP) is 3.04. The number of carbonyl (C=O) groups is 2. The minimum atomic E-state index is -0.503. The van der Waals surface area contributed by atoms with Crippen LogP contribution in [0.1, 0.15) is 17.5 Å². The van der Waals surface area contributed by atoms with Crippen LogP contribution in [0.2, 0.25) is 0 Å². The van der Waals surface area contributed by atoms with E-state index in [2.05, 4.69) is 22.4 Å². The lowest BCUT2D eigenvalue weighted by atomic mass is 10.2. The first-order valence-corrected chi connectivity index (χ1v) is 8.10. The molecular formula is C20H21N3O3. The lowest BCUT2D eigenvalue weighted by Crippen LogP contribution is -2.24. The topological polar surface area (TPSA) is 79.8 Å². The van der Waals surface area contributed by atoms with Crippen molar-refractivity contribution in [2.45, 2.75) is 13.3 Å². The van der Waals surface area contributed by atoms with Gasteiger partial charge in [0.25, 0.3) is 0 Å². The molecule has 0 saturated carbocycles. The van der Waals surface area contributed by atoms with Crippen LogP contribution in [0.15, 0.2) is 66.3 Å². The molecule has 0 saturated heterocycles. The van der Waals surface area contributed by atoms with E-state index >= 15 is 0 Å². The van der Waals surface area contributed by atoms with Gasteiger partial charge in [-0.2, -0.15) is 5.10 Å². The molecule has 6 heteroatoms. The Morgan fingerprint density at radius 3 is 2.62 bits per heavy atom. The Balaban J connectivity index is 1.86. The van der Waals surface area contributed by atoms with Crippen LogP contribution in [0.25, 0.3) is 0 Å². The SMILES string of the molecule is C=CCOc1ccccc1C=NNC(=O)CC(=O)Nc1ccccc1C. The summed E-state index contributed by atoms with van der Waals surface area (Å²) in [6, 6.07) is 14.6. The van der Waals surface area contributed by atoms with E-state index in [1.54, 1.807) is 24.3 Å². The molecule has 0 fully saturated rings. The molecule has 26 heavy (non-hydrogen) atoms. The lowest BCUT2D eigenvalue weighted by Gasteiger charge is -2.07. The summed E-state index contributed by atoms with van der Waals surface area (Å²) in [5, 5.41) is 6.58. The van der Waals surface area contributed by atoms with E-state index in [9.17, 15) is 9.59 Å². The Morgan fingerprint density at radius 1 is 1.12 bits per heavy atom. The molecule has 0 aromatic heterocycles. The van der Waals surface area contributed by atoms with Crippen LogP contribution in [-0.4, -0.2) is 24.6 Å². The van der Waals surface area contributed by atoms with Crippen LogP contribution >= 0.6 is 0 Å². The normalized spacial score (nSPS) is 10.3. The van der Waals surface area contributed by atoms with Crippen molar-refractivity contribution in [2.24, 2.45) is 5.10 Å². The quantitative estimate of drug-likeness (QED) is 0.332. The summed E-state index contributed by atoms with van der Waals surface area (Å²) in [5.74, 6) is -0.277. The van der Waals surface area contributed by atoms with Gasteiger partial charge in [-0.1, -0.05) is 43.0 Å². The highest BCUT2D eigenvalue weighted by atomic mass is 16.5. The number of hydrogen-bond acceptors (Lipinski definition) is 4. The fourth-order valence-electron chi connectivity index (χ4n) is 2.13. The summed E-state index contributed by atoms with van der Waals surface area (Å²) in [6.45, 7) is 5.85. The van der Waals surface area contributed by atoms with Crippen molar-refractivity contribution in [2.75, 3.05) is 11.9 Å². The Hall–Kier alpha value is -3.41. The van der Waals surface area contributed by atoms with Crippen molar-refractivity contribution in [3.8, 4) is 5.75 Å². The number of amides is 2. The molecule has 0 bridgehead atoms. The van der Waals surface area contributed by atoms with Crippen molar-refractivity contribution in [1.82, 2.24) is 5.43 Å². The minimum Gasteiger partial charge on any atom is -0.489 e. The van der Waals surface area contributed by atoms with E-state index in [4.69, 9.17) is 4.74 Å². The Labute approximate surface area is 152 Å². The number of hydrazone groups is 1. The number of nitrogens with one attached hydrogen (secondary N) is 2. The largest absolute Gasteiger partial charge is 0.489 e. The average Bonchev–Trinajstić information content (AvgIpc) is 2.62. The summed E-state index contributed by atoms with van der Waals surface area (Å²) in [7, 11) is 0. The Morgan fingerprint density at radius 2 is 1.85 bits per heavy atom. The van der Waals surface area contributed by atoms with Crippen LogP contribution in [0.4, 0.5) is 5.69 Å². The third-order valence-electron chi connectivity index (χ3n) is 3.41. The minimum absolute atomic E-state index is 0.319. The van der Waals surface area contributed by atoms with E-state index in [0.717, 1.165) is 5.56 Å². The first-order chi connectivity index (χ1) is 12.6. The molecule has 6 nitrogen and oxygen atoms in total. The third-order valence-corrected chi connectivity index (χ3v) is 3.41. The highest BCUT2D eigenvalue weighted by Crippen LogP contribution is 2.15. The number of benzene rings is 2. The van der Waals surface area contributed by atoms with Crippen LogP contribution in [0, 0.1) is 6.92 Å². The van der Waals surface area contributed by atoms with Crippen LogP contribution in [0.3, 0.4) is 0 Å². The summed E-state index contributed by atoms with van der Waals surface area (Å²) in [4.78, 5) is 23.8. The monoisotopic (exact) mass is 351 g/mol. The molecule has 0 radical (unpaired) electrons. The van der Waals surface area contributed by atoms with Gasteiger partial charge in [-0.25, -0.2) is 5.43 Å². The van der Waals surface area contributed by atoms with Gasteiger partial charge in [0, 0.05) is 11.3 Å². The lowest BCUT2D eigenvalue weighted by molar-refractivity contribution is -0.126. The van der Waals surface area contributed by atoms with Gasteiger partial charge in [-0.3, -0.25) is 9.59 Å².